The average molecular weight is 755 g/mol. The summed E-state index contributed by atoms with van der Waals surface area (Å²) in [4.78, 5) is 17.0. The molecule has 6 heterocycles. The molecule has 6 aromatic rings. The van der Waals surface area contributed by atoms with Gasteiger partial charge in [-0.2, -0.15) is 10.2 Å². The van der Waals surface area contributed by atoms with Crippen molar-refractivity contribution in [1.82, 2.24) is 48.3 Å². The second kappa shape index (κ2) is 15.7. The highest BCUT2D eigenvalue weighted by molar-refractivity contribution is 7.98. The van der Waals surface area contributed by atoms with Crippen LogP contribution in [0.4, 0.5) is 0 Å². The standard InChI is InChI=1S/C16H23N5O3SSi.C16H23N5OSSi/c1-25(22,23)16-15-18-10-14(21(15)6-5-17-16)13-9-19-20(11-13)12-24-7-8-26(2,3)4;1-23-16-15-18-10-14(21(15)6-5-17-16)13-9-19-20(11-13)12-22-7-8-24(2,3)4/h5-6,9-11H,7-8,12H2,1-4H3;5-6,9-11H,7-8,12H2,1-4H3. The number of sulfone groups is 1. The van der Waals surface area contributed by atoms with E-state index in [1.165, 1.54) is 12.2 Å². The molecule has 0 unspecified atom stereocenters. The molecular formula is C32H46N10O4S2Si2. The van der Waals surface area contributed by atoms with Gasteiger partial charge in [0.1, 0.15) is 18.5 Å². The molecule has 0 atom stereocenters. The number of aromatic nitrogens is 10. The van der Waals surface area contributed by atoms with Crippen LogP contribution in [0.15, 0.2) is 72.0 Å². The summed E-state index contributed by atoms with van der Waals surface area (Å²) in [5, 5.41) is 9.60. The van der Waals surface area contributed by atoms with Gasteiger partial charge >= 0.3 is 0 Å². The van der Waals surface area contributed by atoms with Crippen molar-refractivity contribution >= 4 is 49.0 Å². The molecule has 0 spiro atoms. The number of hydrogen-bond donors (Lipinski definition) is 0. The molecule has 0 fully saturated rings. The molecule has 0 saturated carbocycles. The summed E-state index contributed by atoms with van der Waals surface area (Å²) < 4.78 is 42.5. The molecule has 18 heteroatoms. The number of hydrogen-bond acceptors (Lipinski definition) is 11. The Morgan fingerprint density at radius 1 is 0.700 bits per heavy atom. The number of rotatable bonds is 14. The van der Waals surface area contributed by atoms with Gasteiger partial charge in [-0.3, -0.25) is 8.80 Å². The fraction of sp³-hybridized carbons (Fsp3) is 0.438. The first kappa shape index (κ1) is 37.6. The van der Waals surface area contributed by atoms with Crippen LogP contribution in [-0.2, 0) is 32.8 Å². The highest BCUT2D eigenvalue weighted by Crippen LogP contribution is 2.25. The van der Waals surface area contributed by atoms with Crippen molar-refractivity contribution in [3.8, 4) is 22.5 Å². The van der Waals surface area contributed by atoms with E-state index in [0.717, 1.165) is 58.7 Å². The maximum atomic E-state index is 11.9. The summed E-state index contributed by atoms with van der Waals surface area (Å²) in [6, 6.07) is 2.27. The highest BCUT2D eigenvalue weighted by Gasteiger charge is 2.19. The molecule has 14 nitrogen and oxygen atoms in total. The number of nitrogens with zero attached hydrogens (tertiary/aromatic N) is 10. The predicted molar refractivity (Wildman–Crippen MR) is 202 cm³/mol. The minimum absolute atomic E-state index is 0.0340. The lowest BCUT2D eigenvalue weighted by atomic mass is 10.3. The van der Waals surface area contributed by atoms with Crippen LogP contribution in [0.3, 0.4) is 0 Å². The molecule has 50 heavy (non-hydrogen) atoms. The molecule has 0 aromatic carbocycles. The van der Waals surface area contributed by atoms with Gasteiger partial charge in [0.15, 0.2) is 26.2 Å². The molecule has 0 radical (unpaired) electrons. The van der Waals surface area contributed by atoms with Crippen LogP contribution in [0.2, 0.25) is 51.4 Å². The van der Waals surface area contributed by atoms with Gasteiger partial charge in [0.05, 0.1) is 36.2 Å². The van der Waals surface area contributed by atoms with Crippen molar-refractivity contribution in [2.45, 2.75) is 74.9 Å². The molecule has 0 amide bonds. The number of ether oxygens (including phenoxy) is 2. The fourth-order valence-electron chi connectivity index (χ4n) is 4.83. The van der Waals surface area contributed by atoms with E-state index < -0.39 is 26.0 Å². The van der Waals surface area contributed by atoms with Crippen LogP contribution >= 0.6 is 11.8 Å². The normalized spacial score (nSPS) is 12.5. The van der Waals surface area contributed by atoms with Crippen molar-refractivity contribution in [1.29, 1.82) is 0 Å². The zero-order chi connectivity index (χ0) is 36.1. The van der Waals surface area contributed by atoms with E-state index in [-0.39, 0.29) is 5.03 Å². The Balaban J connectivity index is 0.000000195. The summed E-state index contributed by atoms with van der Waals surface area (Å²) in [7, 11) is -5.61. The van der Waals surface area contributed by atoms with E-state index in [1.54, 1.807) is 45.6 Å². The van der Waals surface area contributed by atoms with Crippen molar-refractivity contribution in [2.75, 3.05) is 25.7 Å². The zero-order valence-electron chi connectivity index (χ0n) is 29.9. The summed E-state index contributed by atoms with van der Waals surface area (Å²) in [5.74, 6) is 0. The van der Waals surface area contributed by atoms with E-state index in [9.17, 15) is 8.42 Å². The summed E-state index contributed by atoms with van der Waals surface area (Å²) in [5.41, 5.74) is 4.80. The third-order valence-corrected chi connectivity index (χ3v) is 12.7. The molecule has 0 bridgehead atoms. The second-order valence-electron chi connectivity index (χ2n) is 14.3. The van der Waals surface area contributed by atoms with Crippen LogP contribution in [0.25, 0.3) is 33.8 Å². The van der Waals surface area contributed by atoms with Crippen molar-refractivity contribution < 1.29 is 17.9 Å². The quantitative estimate of drug-likeness (QED) is 0.0740. The van der Waals surface area contributed by atoms with Gasteiger partial charge in [-0.1, -0.05) is 39.3 Å². The maximum Gasteiger partial charge on any atom is 0.198 e. The molecule has 6 aromatic heterocycles. The van der Waals surface area contributed by atoms with Gasteiger partial charge in [-0.25, -0.2) is 37.7 Å². The van der Waals surface area contributed by atoms with E-state index in [4.69, 9.17) is 9.47 Å². The minimum atomic E-state index is -3.45. The van der Waals surface area contributed by atoms with Gasteiger partial charge < -0.3 is 9.47 Å². The molecule has 0 aliphatic carbocycles. The van der Waals surface area contributed by atoms with Crippen LogP contribution in [-0.4, -0.2) is 98.6 Å². The van der Waals surface area contributed by atoms with Crippen molar-refractivity contribution in [3.05, 3.63) is 62.0 Å². The lowest BCUT2D eigenvalue weighted by molar-refractivity contribution is 0.0785. The third-order valence-electron chi connectivity index (χ3n) is 7.63. The van der Waals surface area contributed by atoms with Gasteiger partial charge in [-0.15, -0.1) is 11.8 Å². The van der Waals surface area contributed by atoms with E-state index in [2.05, 4.69) is 69.4 Å². The third kappa shape index (κ3) is 9.76. The molecule has 0 saturated heterocycles. The Morgan fingerprint density at radius 2 is 1.18 bits per heavy atom. The monoisotopic (exact) mass is 754 g/mol. The SMILES string of the molecule is CSc1nccn2c(-c3cnn(COCC[Si](C)(C)C)c3)cnc12.C[Si](C)(C)CCOCn1cc(-c2cnc3c(S(C)(=O)=O)nccn23)cn1. The zero-order valence-corrected chi connectivity index (χ0v) is 33.6. The molecule has 0 aliphatic rings. The Kier molecular flexibility index (Phi) is 11.8. The van der Waals surface area contributed by atoms with Gasteiger partial charge in [0.2, 0.25) is 0 Å². The van der Waals surface area contributed by atoms with Gasteiger partial charge in [0.25, 0.3) is 0 Å². The van der Waals surface area contributed by atoms with Gasteiger partial charge in [0, 0.05) is 83.9 Å². The summed E-state index contributed by atoms with van der Waals surface area (Å²) in [6.45, 7) is 16.4. The van der Waals surface area contributed by atoms with Crippen molar-refractivity contribution in [3.63, 3.8) is 0 Å². The van der Waals surface area contributed by atoms with Crippen LogP contribution in [0.5, 0.6) is 0 Å². The van der Waals surface area contributed by atoms with Crippen LogP contribution < -0.4 is 0 Å². The van der Waals surface area contributed by atoms with Crippen LogP contribution in [0.1, 0.15) is 0 Å². The van der Waals surface area contributed by atoms with Crippen LogP contribution in [0, 0.1) is 0 Å². The van der Waals surface area contributed by atoms with Gasteiger partial charge in [-0.05, 0) is 18.3 Å². The summed E-state index contributed by atoms with van der Waals surface area (Å²) >= 11 is 1.60. The van der Waals surface area contributed by atoms with E-state index in [1.807, 2.05) is 46.3 Å². The highest BCUT2D eigenvalue weighted by atomic mass is 32.2. The lowest BCUT2D eigenvalue weighted by Crippen LogP contribution is -2.22. The summed E-state index contributed by atoms with van der Waals surface area (Å²) in [6.07, 6.45) is 20.9. The molecular weight excluding hydrogens is 709 g/mol. The first-order valence-electron chi connectivity index (χ1n) is 16.2. The first-order valence-corrected chi connectivity index (χ1v) is 26.8. The largest absolute Gasteiger partial charge is 0.360 e. The fourth-order valence-corrected chi connectivity index (χ4v) is 7.58. The van der Waals surface area contributed by atoms with E-state index >= 15 is 0 Å². The Morgan fingerprint density at radius 3 is 1.66 bits per heavy atom. The van der Waals surface area contributed by atoms with Crippen molar-refractivity contribution in [2.24, 2.45) is 0 Å². The Labute approximate surface area is 299 Å². The number of thioether (sulfide) groups is 1. The molecule has 6 rings (SSSR count). The molecule has 0 aliphatic heterocycles. The Bertz CT molecular complexity index is 2150. The Hall–Kier alpha value is -3.69. The topological polar surface area (TPSA) is 149 Å². The maximum absolute atomic E-state index is 11.9. The average Bonchev–Trinajstić information content (AvgIpc) is 3.86. The number of imidazole rings is 2. The smallest absolute Gasteiger partial charge is 0.198 e. The van der Waals surface area contributed by atoms with E-state index in [0.29, 0.717) is 19.1 Å². The predicted octanol–water partition coefficient (Wildman–Crippen LogP) is 5.94. The molecule has 0 N–H and O–H groups in total. The lowest BCUT2D eigenvalue weighted by Gasteiger charge is -2.15. The molecule has 268 valence electrons. The number of fused-ring (bicyclic) bond motifs is 2. The first-order chi connectivity index (χ1) is 23.6. The second-order valence-corrected chi connectivity index (χ2v) is 28.3. The minimum Gasteiger partial charge on any atom is -0.360 e.